The van der Waals surface area contributed by atoms with Crippen LogP contribution in [0.25, 0.3) is 10.1 Å². The zero-order chi connectivity index (χ0) is 30.5. The van der Waals surface area contributed by atoms with Gasteiger partial charge in [-0.25, -0.2) is 4.39 Å². The zero-order valence-electron chi connectivity index (χ0n) is 23.8. The molecule has 2 unspecified atom stereocenters. The normalized spacial score (nSPS) is 26.8. The van der Waals surface area contributed by atoms with Crippen LogP contribution in [0.2, 0.25) is 0 Å². The molecule has 0 spiro atoms. The molecule has 3 amide bonds. The maximum Gasteiger partial charge on any atom is 0.363 e. The average Bonchev–Trinajstić information content (AvgIpc) is 3.69. The number of nitrogens with zero attached hydrogens (tertiary/aromatic N) is 2. The van der Waals surface area contributed by atoms with Crippen molar-refractivity contribution in [3.8, 4) is 0 Å². The molecule has 6 atom stereocenters. The van der Waals surface area contributed by atoms with Gasteiger partial charge >= 0.3 is 7.60 Å². The number of nitrogens with one attached hydrogen (secondary N) is 1. The van der Waals surface area contributed by atoms with Gasteiger partial charge in [-0.2, -0.15) is 0 Å². The molecule has 3 fully saturated rings. The number of halogens is 1. The lowest BCUT2D eigenvalue weighted by atomic mass is 9.90. The van der Waals surface area contributed by atoms with E-state index >= 15 is 0 Å². The van der Waals surface area contributed by atoms with Crippen molar-refractivity contribution in [1.82, 2.24) is 15.1 Å². The van der Waals surface area contributed by atoms with Crippen LogP contribution >= 0.6 is 18.9 Å². The van der Waals surface area contributed by atoms with Crippen molar-refractivity contribution in [1.29, 1.82) is 0 Å². The number of alkyl halides is 1. The minimum atomic E-state index is -4.96. The third-order valence-corrected chi connectivity index (χ3v) is 11.2. The van der Waals surface area contributed by atoms with E-state index in [2.05, 4.69) is 24.4 Å². The standard InChI is InChI=1S/C31H35FN3O6PS/c1-18-16-34(17-23(18)19-6-3-2-4-7-19)31(38)25-12-11-22-8-5-9-24(30(37)35(22)25)33-29(36)27-15-21-14-20(10-13-26(21)43-27)28(32)42(39,40)41/h2-4,6-7,10,13-15,18,22-25,28H,5,8-9,11-12,16-17H2,1H3,(H,33,36)(H2,39,40,41)/t18-,22-,23-,24?,25-,28?/m0/s1. The lowest BCUT2D eigenvalue weighted by molar-refractivity contribution is -0.145. The summed E-state index contributed by atoms with van der Waals surface area (Å²) in [6.45, 7) is 3.43. The molecule has 3 aliphatic heterocycles. The molecule has 9 nitrogen and oxygen atoms in total. The molecule has 3 saturated heterocycles. The van der Waals surface area contributed by atoms with Gasteiger partial charge in [-0.15, -0.1) is 11.3 Å². The Morgan fingerprint density at radius 3 is 2.56 bits per heavy atom. The number of hydrogen-bond acceptors (Lipinski definition) is 5. The highest BCUT2D eigenvalue weighted by Crippen LogP contribution is 2.53. The van der Waals surface area contributed by atoms with Crippen LogP contribution in [-0.2, 0) is 14.2 Å². The van der Waals surface area contributed by atoms with Gasteiger partial charge in [0.25, 0.3) is 5.91 Å². The second-order valence-corrected chi connectivity index (χ2v) is 14.7. The van der Waals surface area contributed by atoms with Crippen molar-refractivity contribution >= 4 is 46.7 Å². The van der Waals surface area contributed by atoms with Gasteiger partial charge in [0.1, 0.15) is 12.1 Å². The van der Waals surface area contributed by atoms with Crippen LogP contribution < -0.4 is 5.32 Å². The van der Waals surface area contributed by atoms with E-state index in [1.165, 1.54) is 29.8 Å². The molecule has 0 bridgehead atoms. The van der Waals surface area contributed by atoms with E-state index in [0.717, 1.165) is 30.6 Å². The fraction of sp³-hybridized carbons (Fsp3) is 0.452. The lowest BCUT2D eigenvalue weighted by Crippen LogP contribution is -2.54. The second kappa shape index (κ2) is 11.8. The molecule has 2 aromatic carbocycles. The van der Waals surface area contributed by atoms with Gasteiger partial charge < -0.3 is 24.9 Å². The third kappa shape index (κ3) is 5.88. The number of amides is 3. The summed E-state index contributed by atoms with van der Waals surface area (Å²) < 4.78 is 26.2. The average molecular weight is 628 g/mol. The van der Waals surface area contributed by atoms with Gasteiger partial charge in [0, 0.05) is 29.7 Å². The second-order valence-electron chi connectivity index (χ2n) is 12.0. The molecule has 3 aliphatic rings. The van der Waals surface area contributed by atoms with E-state index in [4.69, 9.17) is 0 Å². The molecule has 0 radical (unpaired) electrons. The summed E-state index contributed by atoms with van der Waals surface area (Å²) >= 11 is 1.15. The number of benzene rings is 2. The van der Waals surface area contributed by atoms with Crippen molar-refractivity contribution in [3.63, 3.8) is 0 Å². The van der Waals surface area contributed by atoms with E-state index in [1.807, 2.05) is 23.1 Å². The number of rotatable bonds is 6. The summed E-state index contributed by atoms with van der Waals surface area (Å²) in [6.07, 6.45) is 3.36. The molecule has 43 heavy (non-hydrogen) atoms. The minimum Gasteiger partial charge on any atom is -0.340 e. The van der Waals surface area contributed by atoms with E-state index in [-0.39, 0.29) is 29.3 Å². The Morgan fingerprint density at radius 1 is 1.05 bits per heavy atom. The number of carbonyl (C=O) groups excluding carboxylic acids is 3. The van der Waals surface area contributed by atoms with Crippen LogP contribution in [0.3, 0.4) is 0 Å². The first-order chi connectivity index (χ1) is 20.5. The molecule has 0 aliphatic carbocycles. The van der Waals surface area contributed by atoms with Crippen LogP contribution in [0.4, 0.5) is 4.39 Å². The van der Waals surface area contributed by atoms with Gasteiger partial charge in [0.05, 0.1) is 4.88 Å². The number of thiophene rings is 1. The zero-order valence-corrected chi connectivity index (χ0v) is 25.5. The highest BCUT2D eigenvalue weighted by Gasteiger charge is 2.47. The maximum atomic E-state index is 14.2. The van der Waals surface area contributed by atoms with E-state index in [1.54, 1.807) is 4.90 Å². The fourth-order valence-corrected chi connectivity index (χ4v) is 8.47. The van der Waals surface area contributed by atoms with E-state index < -0.39 is 31.5 Å². The summed E-state index contributed by atoms with van der Waals surface area (Å²) in [4.78, 5) is 63.4. The van der Waals surface area contributed by atoms with Crippen LogP contribution in [-0.4, -0.2) is 68.5 Å². The van der Waals surface area contributed by atoms with Crippen molar-refractivity contribution in [2.24, 2.45) is 5.92 Å². The van der Waals surface area contributed by atoms with Crippen molar-refractivity contribution < 1.29 is 33.1 Å². The van der Waals surface area contributed by atoms with Crippen molar-refractivity contribution in [2.45, 2.75) is 69.0 Å². The number of hydrogen-bond donors (Lipinski definition) is 3. The Labute approximate surface area is 253 Å². The van der Waals surface area contributed by atoms with Crippen LogP contribution in [0, 0.1) is 5.92 Å². The molecule has 4 heterocycles. The number of fused-ring (bicyclic) bond motifs is 2. The molecule has 6 rings (SSSR count). The van der Waals surface area contributed by atoms with Crippen LogP contribution in [0.15, 0.2) is 54.6 Å². The topological polar surface area (TPSA) is 127 Å². The smallest absolute Gasteiger partial charge is 0.340 e. The summed E-state index contributed by atoms with van der Waals surface area (Å²) in [5.41, 5.74) is 1.05. The lowest BCUT2D eigenvalue weighted by Gasteiger charge is -2.32. The maximum absolute atomic E-state index is 14.2. The SMILES string of the molecule is C[C@H]1CN(C(=O)[C@@H]2CC[C@@H]3CCCC(NC(=O)c4cc5cc(C(F)P(=O)(O)O)ccc5s4)C(=O)N32)C[C@@H]1c1ccccc1. The van der Waals surface area contributed by atoms with E-state index in [9.17, 15) is 33.1 Å². The monoisotopic (exact) mass is 627 g/mol. The molecular formula is C31H35FN3O6PS. The largest absolute Gasteiger partial charge is 0.363 e. The van der Waals surface area contributed by atoms with Crippen molar-refractivity contribution in [3.05, 3.63) is 70.6 Å². The van der Waals surface area contributed by atoms with Gasteiger partial charge in [-0.05, 0) is 72.7 Å². The van der Waals surface area contributed by atoms with Gasteiger partial charge in [0.2, 0.25) is 17.7 Å². The third-order valence-electron chi connectivity index (χ3n) is 9.16. The molecule has 3 N–H and O–H groups in total. The highest BCUT2D eigenvalue weighted by atomic mass is 32.1. The Kier molecular flexibility index (Phi) is 8.19. The van der Waals surface area contributed by atoms with Crippen molar-refractivity contribution in [2.75, 3.05) is 13.1 Å². The van der Waals surface area contributed by atoms with Crippen LogP contribution in [0.1, 0.15) is 71.7 Å². The molecule has 12 heteroatoms. The van der Waals surface area contributed by atoms with Gasteiger partial charge in [-0.1, -0.05) is 43.3 Å². The van der Waals surface area contributed by atoms with E-state index in [0.29, 0.717) is 46.8 Å². The first-order valence-corrected chi connectivity index (χ1v) is 17.2. The molecule has 0 saturated carbocycles. The van der Waals surface area contributed by atoms with Gasteiger partial charge in [-0.3, -0.25) is 18.9 Å². The number of likely N-dealkylation sites (tertiary alicyclic amines) is 1. The summed E-state index contributed by atoms with van der Waals surface area (Å²) in [7, 11) is -4.96. The summed E-state index contributed by atoms with van der Waals surface area (Å²) in [5.74, 6) is -2.60. The molecule has 3 aromatic rings. The van der Waals surface area contributed by atoms with Gasteiger partial charge in [0.15, 0.2) is 0 Å². The number of carbonyl (C=O) groups is 3. The Hall–Kier alpha value is -3.11. The predicted molar refractivity (Wildman–Crippen MR) is 161 cm³/mol. The molecular weight excluding hydrogens is 592 g/mol. The Bertz CT molecular complexity index is 1590. The molecule has 228 valence electrons. The Morgan fingerprint density at radius 2 is 1.81 bits per heavy atom. The summed E-state index contributed by atoms with van der Waals surface area (Å²) in [5, 5.41) is 3.36. The molecule has 1 aromatic heterocycles. The fourth-order valence-electron chi connectivity index (χ4n) is 6.97. The van der Waals surface area contributed by atoms with Crippen LogP contribution in [0.5, 0.6) is 0 Å². The highest BCUT2D eigenvalue weighted by molar-refractivity contribution is 7.51. The first kappa shape index (κ1) is 29.9. The predicted octanol–water partition coefficient (Wildman–Crippen LogP) is 4.95. The first-order valence-electron chi connectivity index (χ1n) is 14.7. The summed E-state index contributed by atoms with van der Waals surface area (Å²) in [6, 6.07) is 14.6. The minimum absolute atomic E-state index is 0.0186. The Balaban J connectivity index is 1.16. The quantitative estimate of drug-likeness (QED) is 0.332.